The molecule has 1 atom stereocenters. The molecule has 1 saturated heterocycles. The maximum atomic E-state index is 12.4. The largest absolute Gasteiger partial charge is 0.488 e. The molecule has 9 heteroatoms. The van der Waals surface area contributed by atoms with Gasteiger partial charge in [-0.3, -0.25) is 4.90 Å². The number of hydrogen-bond donors (Lipinski definition) is 2. The molecule has 0 radical (unpaired) electrons. The van der Waals surface area contributed by atoms with Gasteiger partial charge >= 0.3 is 13.2 Å². The van der Waals surface area contributed by atoms with Crippen LogP contribution in [0, 0.1) is 0 Å². The van der Waals surface area contributed by atoms with E-state index in [0.29, 0.717) is 29.4 Å². The number of likely N-dealkylation sites (tertiary alicyclic amines) is 1. The van der Waals surface area contributed by atoms with E-state index in [1.807, 2.05) is 20.8 Å². The second-order valence-electron chi connectivity index (χ2n) is 7.27. The van der Waals surface area contributed by atoms with Crippen LogP contribution in [0.3, 0.4) is 0 Å². The number of carbonyl (C=O) groups is 1. The minimum absolute atomic E-state index is 0.301. The first-order chi connectivity index (χ1) is 12.2. The molecule has 1 amide bonds. The average molecular weight is 359 g/mol. The lowest BCUT2D eigenvalue weighted by molar-refractivity contribution is 0.0204. The first-order valence-corrected chi connectivity index (χ1v) is 8.54. The Morgan fingerprint density at radius 3 is 2.58 bits per heavy atom. The molecule has 2 heterocycles. The zero-order valence-corrected chi connectivity index (χ0v) is 15.0. The predicted molar refractivity (Wildman–Crippen MR) is 94.5 cm³/mol. The van der Waals surface area contributed by atoms with E-state index < -0.39 is 12.7 Å². The van der Waals surface area contributed by atoms with Gasteiger partial charge in [0, 0.05) is 12.1 Å². The van der Waals surface area contributed by atoms with Crippen molar-refractivity contribution < 1.29 is 24.0 Å². The third kappa shape index (κ3) is 4.05. The van der Waals surface area contributed by atoms with Gasteiger partial charge in [0.05, 0.1) is 0 Å². The molecule has 2 aromatic rings. The van der Waals surface area contributed by atoms with E-state index >= 15 is 0 Å². The summed E-state index contributed by atoms with van der Waals surface area (Å²) >= 11 is 0. The third-order valence-electron chi connectivity index (χ3n) is 4.06. The Morgan fingerprint density at radius 2 is 1.96 bits per heavy atom. The highest BCUT2D eigenvalue weighted by molar-refractivity contribution is 6.58. The van der Waals surface area contributed by atoms with Crippen LogP contribution in [0.15, 0.2) is 28.7 Å². The molecule has 1 unspecified atom stereocenters. The fourth-order valence-corrected chi connectivity index (χ4v) is 2.85. The molecular formula is C17H22BN3O5. The van der Waals surface area contributed by atoms with Crippen LogP contribution in [0.25, 0.3) is 11.5 Å². The van der Waals surface area contributed by atoms with Crippen molar-refractivity contribution in [3.63, 3.8) is 0 Å². The molecule has 8 nitrogen and oxygen atoms in total. The molecule has 0 aliphatic carbocycles. The summed E-state index contributed by atoms with van der Waals surface area (Å²) in [5, 5.41) is 26.4. The molecule has 1 aromatic heterocycles. The molecule has 1 aromatic carbocycles. The summed E-state index contributed by atoms with van der Waals surface area (Å²) < 4.78 is 11.2. The summed E-state index contributed by atoms with van der Waals surface area (Å²) in [6.45, 7) is 6.07. The maximum Gasteiger partial charge on any atom is 0.488 e. The Balaban J connectivity index is 1.77. The van der Waals surface area contributed by atoms with Crippen LogP contribution < -0.4 is 5.46 Å². The van der Waals surface area contributed by atoms with Gasteiger partial charge in [-0.25, -0.2) is 4.79 Å². The number of amides is 1. The van der Waals surface area contributed by atoms with Crippen molar-refractivity contribution in [2.45, 2.75) is 45.3 Å². The van der Waals surface area contributed by atoms with Crippen LogP contribution in [0.1, 0.15) is 45.5 Å². The van der Waals surface area contributed by atoms with Crippen molar-refractivity contribution >= 4 is 18.7 Å². The minimum atomic E-state index is -1.52. The molecule has 26 heavy (non-hydrogen) atoms. The van der Waals surface area contributed by atoms with Gasteiger partial charge in [-0.2, -0.15) is 0 Å². The van der Waals surface area contributed by atoms with Crippen molar-refractivity contribution in [1.29, 1.82) is 0 Å². The predicted octanol–water partition coefficient (Wildman–Crippen LogP) is 1.49. The molecule has 3 rings (SSSR count). The molecule has 0 bridgehead atoms. The molecule has 0 saturated carbocycles. The van der Waals surface area contributed by atoms with Crippen LogP contribution in [0.4, 0.5) is 4.79 Å². The van der Waals surface area contributed by atoms with Gasteiger partial charge in [0.15, 0.2) is 0 Å². The number of aromatic nitrogens is 2. The fraction of sp³-hybridized carbons (Fsp3) is 0.471. The van der Waals surface area contributed by atoms with Crippen molar-refractivity contribution in [2.75, 3.05) is 6.54 Å². The smallest absolute Gasteiger partial charge is 0.444 e. The average Bonchev–Trinajstić information content (AvgIpc) is 3.22. The standard InChI is InChI=1S/C17H22BN3O5/c1-17(2,3)26-16(22)21-10-4-5-13(21)15-20-19-14(25-15)11-6-8-12(9-7-11)18(23)24/h6-9,13,23-24H,4-5,10H2,1-3H3. The van der Waals surface area contributed by atoms with Crippen LogP contribution in [0.2, 0.25) is 0 Å². The number of nitrogens with zero attached hydrogens (tertiary/aromatic N) is 3. The number of rotatable bonds is 3. The Kier molecular flexibility index (Phi) is 5.02. The lowest BCUT2D eigenvalue weighted by atomic mass is 9.80. The first-order valence-electron chi connectivity index (χ1n) is 8.54. The van der Waals surface area contributed by atoms with Gasteiger partial charge in [-0.15, -0.1) is 10.2 Å². The van der Waals surface area contributed by atoms with Gasteiger partial charge in [-0.05, 0) is 51.2 Å². The Hall–Kier alpha value is -2.39. The summed E-state index contributed by atoms with van der Waals surface area (Å²) in [4.78, 5) is 14.0. The van der Waals surface area contributed by atoms with Crippen LogP contribution in [0.5, 0.6) is 0 Å². The molecule has 138 valence electrons. The van der Waals surface area contributed by atoms with Crippen molar-refractivity contribution in [3.8, 4) is 11.5 Å². The first kappa shape index (κ1) is 18.4. The van der Waals surface area contributed by atoms with E-state index in [1.165, 1.54) is 0 Å². The van der Waals surface area contributed by atoms with E-state index in [0.717, 1.165) is 12.8 Å². The second kappa shape index (κ2) is 7.09. The summed E-state index contributed by atoms with van der Waals surface area (Å²) in [6, 6.07) is 6.20. The quantitative estimate of drug-likeness (QED) is 0.799. The lowest BCUT2D eigenvalue weighted by Crippen LogP contribution is -2.36. The third-order valence-corrected chi connectivity index (χ3v) is 4.06. The molecule has 0 spiro atoms. The lowest BCUT2D eigenvalue weighted by Gasteiger charge is -2.27. The monoisotopic (exact) mass is 359 g/mol. The highest BCUT2D eigenvalue weighted by Gasteiger charge is 2.36. The Morgan fingerprint density at radius 1 is 1.27 bits per heavy atom. The maximum absolute atomic E-state index is 12.4. The minimum Gasteiger partial charge on any atom is -0.444 e. The topological polar surface area (TPSA) is 109 Å². The molecule has 1 aliphatic rings. The number of benzene rings is 1. The van der Waals surface area contributed by atoms with Gasteiger partial charge in [0.2, 0.25) is 11.8 Å². The van der Waals surface area contributed by atoms with E-state index in [9.17, 15) is 4.79 Å². The normalized spacial score (nSPS) is 17.4. The highest BCUT2D eigenvalue weighted by atomic mass is 16.6. The number of ether oxygens (including phenoxy) is 1. The highest BCUT2D eigenvalue weighted by Crippen LogP contribution is 2.33. The fourth-order valence-electron chi connectivity index (χ4n) is 2.85. The molecule has 1 aliphatic heterocycles. The van der Waals surface area contributed by atoms with Crippen molar-refractivity contribution in [3.05, 3.63) is 30.2 Å². The van der Waals surface area contributed by atoms with Crippen LogP contribution in [-0.2, 0) is 4.74 Å². The zero-order valence-electron chi connectivity index (χ0n) is 15.0. The van der Waals surface area contributed by atoms with E-state index in [-0.39, 0.29) is 12.1 Å². The molecular weight excluding hydrogens is 337 g/mol. The molecule has 2 N–H and O–H groups in total. The SMILES string of the molecule is CC(C)(C)OC(=O)N1CCCC1c1nnc(-c2ccc(B(O)O)cc2)o1. The van der Waals surface area contributed by atoms with Crippen LogP contribution >= 0.6 is 0 Å². The Labute approximate surface area is 151 Å². The van der Waals surface area contributed by atoms with E-state index in [4.69, 9.17) is 19.2 Å². The number of hydrogen-bond acceptors (Lipinski definition) is 7. The van der Waals surface area contributed by atoms with Gasteiger partial charge in [0.25, 0.3) is 0 Å². The van der Waals surface area contributed by atoms with Gasteiger partial charge < -0.3 is 19.2 Å². The van der Waals surface area contributed by atoms with Crippen molar-refractivity contribution in [1.82, 2.24) is 15.1 Å². The summed E-state index contributed by atoms with van der Waals surface area (Å²) in [5.41, 5.74) is 0.471. The second-order valence-corrected chi connectivity index (χ2v) is 7.27. The summed E-state index contributed by atoms with van der Waals surface area (Å²) in [6.07, 6.45) is 1.18. The summed E-state index contributed by atoms with van der Waals surface area (Å²) in [5.74, 6) is 0.685. The zero-order chi connectivity index (χ0) is 18.9. The number of carbonyl (C=O) groups excluding carboxylic acids is 1. The Bertz CT molecular complexity index is 769. The van der Waals surface area contributed by atoms with Gasteiger partial charge in [0.1, 0.15) is 11.6 Å². The molecule has 1 fully saturated rings. The van der Waals surface area contributed by atoms with Crippen molar-refractivity contribution in [2.24, 2.45) is 0 Å². The van der Waals surface area contributed by atoms with Gasteiger partial charge in [-0.1, -0.05) is 12.1 Å². The van der Waals surface area contributed by atoms with Crippen LogP contribution in [-0.4, -0.2) is 50.5 Å². The summed E-state index contributed by atoms with van der Waals surface area (Å²) in [7, 11) is -1.52. The van der Waals surface area contributed by atoms with E-state index in [2.05, 4.69) is 10.2 Å². The van der Waals surface area contributed by atoms with E-state index in [1.54, 1.807) is 29.2 Å².